The average Bonchev–Trinajstić information content (AvgIpc) is 2.59. The highest BCUT2D eigenvalue weighted by atomic mass is 35.5. The molecule has 2 atom stereocenters. The van der Waals surface area contributed by atoms with Crippen LogP contribution in [0, 0.1) is 0 Å². The van der Waals surface area contributed by atoms with Crippen molar-refractivity contribution in [3.8, 4) is 0 Å². The Hall–Kier alpha value is -2.19. The molecule has 0 aromatic carbocycles. The van der Waals surface area contributed by atoms with E-state index in [1.807, 2.05) is 11.8 Å². The van der Waals surface area contributed by atoms with Crippen LogP contribution in [-0.2, 0) is 14.4 Å². The molecule has 3 amide bonds. The smallest absolute Gasteiger partial charge is 0.312 e. The van der Waals surface area contributed by atoms with Gasteiger partial charge in [-0.05, 0) is 19.1 Å². The standard InChI is InChI=1S/C15H18ClN5O3/c1-9(13(22)19-12-3-2-10(16)6-17-12)20-4-5-21-11(8-20)7-18-14(23)15(21)24/h2-3,6,9,11H,4-5,7-8H2,1H3,(H,18,23)(H,17,19,22). The van der Waals surface area contributed by atoms with Gasteiger partial charge in [0.2, 0.25) is 5.91 Å². The summed E-state index contributed by atoms with van der Waals surface area (Å²) < 4.78 is 0. The molecule has 8 nitrogen and oxygen atoms in total. The summed E-state index contributed by atoms with van der Waals surface area (Å²) in [6.07, 6.45) is 1.47. The summed E-state index contributed by atoms with van der Waals surface area (Å²) in [6.45, 7) is 3.73. The van der Waals surface area contributed by atoms with Crippen LogP contribution in [0.5, 0.6) is 0 Å². The number of halogens is 1. The van der Waals surface area contributed by atoms with Crippen molar-refractivity contribution < 1.29 is 14.4 Å². The number of carbonyl (C=O) groups is 3. The topological polar surface area (TPSA) is 94.6 Å². The van der Waals surface area contributed by atoms with E-state index >= 15 is 0 Å². The number of anilines is 1. The molecule has 9 heteroatoms. The van der Waals surface area contributed by atoms with Crippen molar-refractivity contribution in [1.82, 2.24) is 20.1 Å². The maximum atomic E-state index is 12.4. The van der Waals surface area contributed by atoms with E-state index in [1.165, 1.54) is 6.20 Å². The first-order valence-corrected chi connectivity index (χ1v) is 8.09. The van der Waals surface area contributed by atoms with Crippen molar-refractivity contribution in [2.75, 3.05) is 31.5 Å². The van der Waals surface area contributed by atoms with E-state index in [2.05, 4.69) is 15.6 Å². The van der Waals surface area contributed by atoms with Gasteiger partial charge in [-0.25, -0.2) is 4.98 Å². The molecule has 3 heterocycles. The van der Waals surface area contributed by atoms with Crippen LogP contribution in [0.15, 0.2) is 18.3 Å². The molecule has 0 bridgehead atoms. The number of aromatic nitrogens is 1. The zero-order chi connectivity index (χ0) is 17.3. The highest BCUT2D eigenvalue weighted by Crippen LogP contribution is 2.16. The van der Waals surface area contributed by atoms with E-state index in [0.717, 1.165) is 0 Å². The second-order valence-electron chi connectivity index (χ2n) is 5.88. The number of piperazine rings is 2. The van der Waals surface area contributed by atoms with Gasteiger partial charge in [-0.15, -0.1) is 0 Å². The van der Waals surface area contributed by atoms with E-state index in [-0.39, 0.29) is 18.0 Å². The molecular weight excluding hydrogens is 334 g/mol. The SMILES string of the molecule is CC(C(=O)Nc1ccc(Cl)cn1)N1CCN2C(=O)C(=O)NCC2C1. The normalized spacial score (nSPS) is 22.6. The number of pyridine rings is 1. The minimum absolute atomic E-state index is 0.104. The molecule has 2 N–H and O–H groups in total. The van der Waals surface area contributed by atoms with Crippen LogP contribution in [0.1, 0.15) is 6.92 Å². The number of hydrogen-bond donors (Lipinski definition) is 2. The van der Waals surface area contributed by atoms with Crippen LogP contribution in [0.4, 0.5) is 5.82 Å². The van der Waals surface area contributed by atoms with Gasteiger partial charge in [-0.1, -0.05) is 11.6 Å². The molecule has 2 unspecified atom stereocenters. The molecule has 2 aliphatic heterocycles. The molecular formula is C15H18ClN5O3. The third-order valence-electron chi connectivity index (χ3n) is 4.37. The van der Waals surface area contributed by atoms with Crippen LogP contribution < -0.4 is 10.6 Å². The van der Waals surface area contributed by atoms with Gasteiger partial charge < -0.3 is 15.5 Å². The fourth-order valence-corrected chi connectivity index (χ4v) is 3.05. The molecule has 0 saturated carbocycles. The summed E-state index contributed by atoms with van der Waals surface area (Å²) in [5.74, 6) is -0.785. The maximum absolute atomic E-state index is 12.4. The van der Waals surface area contributed by atoms with Gasteiger partial charge >= 0.3 is 11.8 Å². The zero-order valence-electron chi connectivity index (χ0n) is 13.2. The van der Waals surface area contributed by atoms with E-state index in [9.17, 15) is 14.4 Å². The number of rotatable bonds is 3. The molecule has 24 heavy (non-hydrogen) atoms. The molecule has 2 saturated heterocycles. The van der Waals surface area contributed by atoms with Crippen LogP contribution in [-0.4, -0.2) is 70.8 Å². The monoisotopic (exact) mass is 351 g/mol. The highest BCUT2D eigenvalue weighted by molar-refractivity contribution is 6.35. The number of amides is 3. The van der Waals surface area contributed by atoms with Crippen molar-refractivity contribution in [3.05, 3.63) is 23.4 Å². The first kappa shape index (κ1) is 16.7. The zero-order valence-corrected chi connectivity index (χ0v) is 13.9. The van der Waals surface area contributed by atoms with Gasteiger partial charge in [0.25, 0.3) is 0 Å². The molecule has 1 aromatic heterocycles. The van der Waals surface area contributed by atoms with Gasteiger partial charge in [0.1, 0.15) is 5.82 Å². The molecule has 1 aromatic rings. The fraction of sp³-hybridized carbons (Fsp3) is 0.467. The largest absolute Gasteiger partial charge is 0.346 e. The van der Waals surface area contributed by atoms with E-state index in [0.29, 0.717) is 37.0 Å². The minimum Gasteiger partial charge on any atom is -0.346 e. The van der Waals surface area contributed by atoms with Crippen molar-refractivity contribution >= 4 is 35.1 Å². The quantitative estimate of drug-likeness (QED) is 0.729. The van der Waals surface area contributed by atoms with Crippen LogP contribution >= 0.6 is 11.6 Å². The maximum Gasteiger partial charge on any atom is 0.312 e. The Balaban J connectivity index is 1.60. The summed E-state index contributed by atoms with van der Waals surface area (Å²) in [5.41, 5.74) is 0. The number of carbonyl (C=O) groups excluding carboxylic acids is 3. The Morgan fingerprint density at radius 2 is 2.21 bits per heavy atom. The van der Waals surface area contributed by atoms with Gasteiger partial charge in [0.05, 0.1) is 17.1 Å². The molecule has 3 rings (SSSR count). The van der Waals surface area contributed by atoms with E-state index in [4.69, 9.17) is 11.6 Å². The summed E-state index contributed by atoms with van der Waals surface area (Å²) in [6, 6.07) is 2.81. The van der Waals surface area contributed by atoms with Crippen molar-refractivity contribution in [2.24, 2.45) is 0 Å². The van der Waals surface area contributed by atoms with Gasteiger partial charge in [0.15, 0.2) is 0 Å². The van der Waals surface area contributed by atoms with Crippen LogP contribution in [0.2, 0.25) is 5.02 Å². The Morgan fingerprint density at radius 3 is 2.92 bits per heavy atom. The lowest BCUT2D eigenvalue weighted by Gasteiger charge is -2.44. The molecule has 2 aliphatic rings. The Labute approximate surface area is 144 Å². The molecule has 2 fully saturated rings. The third-order valence-corrected chi connectivity index (χ3v) is 4.60. The number of nitrogens with one attached hydrogen (secondary N) is 2. The van der Waals surface area contributed by atoms with Gasteiger partial charge in [-0.2, -0.15) is 0 Å². The number of nitrogens with zero attached hydrogens (tertiary/aromatic N) is 3. The van der Waals surface area contributed by atoms with Gasteiger partial charge in [0, 0.05) is 32.4 Å². The van der Waals surface area contributed by atoms with E-state index in [1.54, 1.807) is 17.0 Å². The fourth-order valence-electron chi connectivity index (χ4n) is 2.94. The van der Waals surface area contributed by atoms with Crippen LogP contribution in [0.25, 0.3) is 0 Å². The van der Waals surface area contributed by atoms with Crippen molar-refractivity contribution in [1.29, 1.82) is 0 Å². The predicted molar refractivity (Wildman–Crippen MR) is 87.4 cm³/mol. The second-order valence-corrected chi connectivity index (χ2v) is 6.32. The Bertz CT molecular complexity index is 666. The lowest BCUT2D eigenvalue weighted by atomic mass is 10.1. The Morgan fingerprint density at radius 1 is 1.42 bits per heavy atom. The molecule has 0 radical (unpaired) electrons. The summed E-state index contributed by atoms with van der Waals surface area (Å²) in [7, 11) is 0. The van der Waals surface area contributed by atoms with Crippen molar-refractivity contribution in [3.63, 3.8) is 0 Å². The first-order valence-electron chi connectivity index (χ1n) is 7.71. The number of fused-ring (bicyclic) bond motifs is 1. The lowest BCUT2D eigenvalue weighted by molar-refractivity contribution is -0.153. The minimum atomic E-state index is -0.556. The van der Waals surface area contributed by atoms with Crippen LogP contribution in [0.3, 0.4) is 0 Å². The average molecular weight is 352 g/mol. The molecule has 0 spiro atoms. The lowest BCUT2D eigenvalue weighted by Crippen LogP contribution is -2.66. The molecule has 128 valence electrons. The highest BCUT2D eigenvalue weighted by Gasteiger charge is 2.39. The molecule has 0 aliphatic carbocycles. The summed E-state index contributed by atoms with van der Waals surface area (Å²) in [5, 5.41) is 5.84. The second kappa shape index (κ2) is 6.74. The summed E-state index contributed by atoms with van der Waals surface area (Å²) >= 11 is 5.77. The first-order chi connectivity index (χ1) is 11.5. The predicted octanol–water partition coefficient (Wildman–Crippen LogP) is -0.295. The van der Waals surface area contributed by atoms with Gasteiger partial charge in [-0.3, -0.25) is 19.3 Å². The number of hydrogen-bond acceptors (Lipinski definition) is 5. The Kier molecular flexibility index (Phi) is 4.68. The summed E-state index contributed by atoms with van der Waals surface area (Å²) in [4.78, 5) is 43.3. The third kappa shape index (κ3) is 3.34. The van der Waals surface area contributed by atoms with E-state index < -0.39 is 11.8 Å². The van der Waals surface area contributed by atoms with Crippen molar-refractivity contribution in [2.45, 2.75) is 19.0 Å².